The van der Waals surface area contributed by atoms with Gasteiger partial charge in [-0.25, -0.2) is 4.98 Å². The van der Waals surface area contributed by atoms with Crippen molar-refractivity contribution in [2.75, 3.05) is 5.73 Å². The van der Waals surface area contributed by atoms with Crippen molar-refractivity contribution in [3.05, 3.63) is 17.8 Å². The van der Waals surface area contributed by atoms with E-state index in [1.807, 2.05) is 6.07 Å². The maximum Gasteiger partial charge on any atom is 0.214 e. The van der Waals surface area contributed by atoms with E-state index < -0.39 is 0 Å². The SMILES string of the molecule is CC1CCCCC1Oc1ccc(N)c(C#N)n1. The lowest BCUT2D eigenvalue weighted by molar-refractivity contribution is 0.0975. The molecule has 0 bridgehead atoms. The Morgan fingerprint density at radius 2 is 2.18 bits per heavy atom. The number of hydrogen-bond donors (Lipinski definition) is 1. The summed E-state index contributed by atoms with van der Waals surface area (Å²) in [5.74, 6) is 1.06. The molecule has 2 rings (SSSR count). The highest BCUT2D eigenvalue weighted by Crippen LogP contribution is 2.27. The standard InChI is InChI=1S/C13H17N3O/c1-9-4-2-3-5-12(9)17-13-7-6-10(15)11(8-14)16-13/h6-7,9,12H,2-5,15H2,1H3. The van der Waals surface area contributed by atoms with Gasteiger partial charge in [0.05, 0.1) is 5.69 Å². The van der Waals surface area contributed by atoms with Crippen molar-refractivity contribution >= 4 is 5.69 Å². The van der Waals surface area contributed by atoms with E-state index >= 15 is 0 Å². The number of nitrogens with zero attached hydrogens (tertiary/aromatic N) is 2. The zero-order chi connectivity index (χ0) is 12.3. The molecule has 4 heteroatoms. The monoisotopic (exact) mass is 231 g/mol. The summed E-state index contributed by atoms with van der Waals surface area (Å²) in [5.41, 5.74) is 6.26. The van der Waals surface area contributed by atoms with Gasteiger partial charge in [-0.1, -0.05) is 13.3 Å². The number of pyridine rings is 1. The van der Waals surface area contributed by atoms with E-state index in [0.29, 0.717) is 17.5 Å². The van der Waals surface area contributed by atoms with Crippen molar-refractivity contribution in [1.82, 2.24) is 4.98 Å². The van der Waals surface area contributed by atoms with Crippen LogP contribution in [0.1, 0.15) is 38.3 Å². The molecule has 1 fully saturated rings. The molecule has 0 aromatic carbocycles. The Morgan fingerprint density at radius 3 is 2.88 bits per heavy atom. The first-order valence-electron chi connectivity index (χ1n) is 6.04. The molecular formula is C13H17N3O. The molecule has 0 spiro atoms. The van der Waals surface area contributed by atoms with Crippen LogP contribution in [0, 0.1) is 17.2 Å². The number of nitrogens with two attached hydrogens (primary N) is 1. The molecule has 0 saturated heterocycles. The second-order valence-corrected chi connectivity index (χ2v) is 4.62. The van der Waals surface area contributed by atoms with Gasteiger partial charge in [0, 0.05) is 6.07 Å². The van der Waals surface area contributed by atoms with Gasteiger partial charge in [0.1, 0.15) is 12.2 Å². The van der Waals surface area contributed by atoms with Crippen LogP contribution in [-0.4, -0.2) is 11.1 Å². The first-order valence-corrected chi connectivity index (χ1v) is 6.04. The van der Waals surface area contributed by atoms with Crippen LogP contribution in [-0.2, 0) is 0 Å². The van der Waals surface area contributed by atoms with E-state index in [9.17, 15) is 0 Å². The Labute approximate surface area is 101 Å². The van der Waals surface area contributed by atoms with E-state index in [-0.39, 0.29) is 11.8 Å². The third-order valence-electron chi connectivity index (χ3n) is 3.31. The predicted octanol–water partition coefficient (Wildman–Crippen LogP) is 2.49. The van der Waals surface area contributed by atoms with Crippen LogP contribution < -0.4 is 10.5 Å². The largest absolute Gasteiger partial charge is 0.474 e. The van der Waals surface area contributed by atoms with Crippen molar-refractivity contribution in [2.24, 2.45) is 5.92 Å². The molecule has 1 aromatic heterocycles. The molecule has 0 radical (unpaired) electrons. The van der Waals surface area contributed by atoms with Crippen molar-refractivity contribution in [1.29, 1.82) is 5.26 Å². The van der Waals surface area contributed by atoms with Gasteiger partial charge in [-0.15, -0.1) is 0 Å². The molecule has 1 aliphatic rings. The van der Waals surface area contributed by atoms with Gasteiger partial charge in [-0.05, 0) is 31.2 Å². The van der Waals surface area contributed by atoms with Crippen LogP contribution >= 0.6 is 0 Å². The number of ether oxygens (including phenoxy) is 1. The van der Waals surface area contributed by atoms with Gasteiger partial charge in [0.15, 0.2) is 5.69 Å². The summed E-state index contributed by atoms with van der Waals surface area (Å²) in [4.78, 5) is 4.11. The van der Waals surface area contributed by atoms with Crippen molar-refractivity contribution in [2.45, 2.75) is 38.7 Å². The molecule has 1 aromatic rings. The number of rotatable bonds is 2. The van der Waals surface area contributed by atoms with Crippen LogP contribution in [0.2, 0.25) is 0 Å². The van der Waals surface area contributed by atoms with Crippen LogP contribution in [0.4, 0.5) is 5.69 Å². The Kier molecular flexibility index (Phi) is 3.48. The summed E-state index contributed by atoms with van der Waals surface area (Å²) in [5, 5.41) is 8.85. The van der Waals surface area contributed by atoms with Gasteiger partial charge in [-0.3, -0.25) is 0 Å². The molecule has 2 atom stereocenters. The molecule has 2 unspecified atom stereocenters. The molecule has 17 heavy (non-hydrogen) atoms. The predicted molar refractivity (Wildman–Crippen MR) is 65.4 cm³/mol. The molecule has 4 nitrogen and oxygen atoms in total. The lowest BCUT2D eigenvalue weighted by Gasteiger charge is -2.28. The lowest BCUT2D eigenvalue weighted by atomic mass is 9.88. The van der Waals surface area contributed by atoms with Crippen LogP contribution in [0.3, 0.4) is 0 Å². The Bertz CT molecular complexity index is 439. The summed E-state index contributed by atoms with van der Waals surface area (Å²) in [6.45, 7) is 2.20. The summed E-state index contributed by atoms with van der Waals surface area (Å²) >= 11 is 0. The maximum atomic E-state index is 8.85. The highest BCUT2D eigenvalue weighted by molar-refractivity contribution is 5.50. The van der Waals surface area contributed by atoms with Gasteiger partial charge >= 0.3 is 0 Å². The molecule has 2 N–H and O–H groups in total. The third-order valence-corrected chi connectivity index (χ3v) is 3.31. The number of aromatic nitrogens is 1. The van der Waals surface area contributed by atoms with E-state index in [0.717, 1.165) is 6.42 Å². The fourth-order valence-electron chi connectivity index (χ4n) is 2.22. The summed E-state index contributed by atoms with van der Waals surface area (Å²) in [6.07, 6.45) is 4.96. The van der Waals surface area contributed by atoms with Gasteiger partial charge in [-0.2, -0.15) is 5.26 Å². The average molecular weight is 231 g/mol. The normalized spacial score (nSPS) is 24.0. The number of hydrogen-bond acceptors (Lipinski definition) is 4. The molecule has 1 aliphatic carbocycles. The fraction of sp³-hybridized carbons (Fsp3) is 0.538. The first kappa shape index (κ1) is 11.7. The minimum absolute atomic E-state index is 0.214. The summed E-state index contributed by atoms with van der Waals surface area (Å²) in [7, 11) is 0. The highest BCUT2D eigenvalue weighted by atomic mass is 16.5. The van der Waals surface area contributed by atoms with Gasteiger partial charge in [0.25, 0.3) is 0 Å². The van der Waals surface area contributed by atoms with Gasteiger partial charge < -0.3 is 10.5 Å². The average Bonchev–Trinajstić information content (AvgIpc) is 2.34. The molecule has 90 valence electrons. The molecule has 0 aliphatic heterocycles. The maximum absolute atomic E-state index is 8.85. The topological polar surface area (TPSA) is 71.9 Å². The second kappa shape index (κ2) is 5.05. The molecular weight excluding hydrogens is 214 g/mol. The summed E-state index contributed by atoms with van der Waals surface area (Å²) in [6, 6.07) is 5.38. The second-order valence-electron chi connectivity index (χ2n) is 4.62. The minimum Gasteiger partial charge on any atom is -0.474 e. The quantitative estimate of drug-likeness (QED) is 0.848. The minimum atomic E-state index is 0.214. The Morgan fingerprint density at radius 1 is 1.41 bits per heavy atom. The zero-order valence-corrected chi connectivity index (χ0v) is 10.0. The van der Waals surface area contributed by atoms with Crippen LogP contribution in [0.15, 0.2) is 12.1 Å². The van der Waals surface area contributed by atoms with Crippen LogP contribution in [0.5, 0.6) is 5.88 Å². The Balaban J connectivity index is 2.10. The van der Waals surface area contributed by atoms with E-state index in [1.54, 1.807) is 12.1 Å². The fourth-order valence-corrected chi connectivity index (χ4v) is 2.22. The number of anilines is 1. The molecule has 0 amide bonds. The Hall–Kier alpha value is -1.76. The number of nitriles is 1. The van der Waals surface area contributed by atoms with Crippen molar-refractivity contribution in [3.63, 3.8) is 0 Å². The third kappa shape index (κ3) is 2.68. The number of nitrogen functional groups attached to an aromatic ring is 1. The van der Waals surface area contributed by atoms with E-state index in [1.165, 1.54) is 19.3 Å². The van der Waals surface area contributed by atoms with Gasteiger partial charge in [0.2, 0.25) is 5.88 Å². The lowest BCUT2D eigenvalue weighted by Crippen LogP contribution is -2.28. The summed E-state index contributed by atoms with van der Waals surface area (Å²) < 4.78 is 5.85. The highest BCUT2D eigenvalue weighted by Gasteiger charge is 2.23. The van der Waals surface area contributed by atoms with Crippen molar-refractivity contribution < 1.29 is 4.74 Å². The smallest absolute Gasteiger partial charge is 0.214 e. The van der Waals surface area contributed by atoms with Crippen LogP contribution in [0.25, 0.3) is 0 Å². The van der Waals surface area contributed by atoms with Crippen molar-refractivity contribution in [3.8, 4) is 11.9 Å². The first-order chi connectivity index (χ1) is 8.20. The van der Waals surface area contributed by atoms with E-state index in [4.69, 9.17) is 15.7 Å². The van der Waals surface area contributed by atoms with E-state index in [2.05, 4.69) is 11.9 Å². The molecule has 1 heterocycles. The zero-order valence-electron chi connectivity index (χ0n) is 10.0. The molecule has 1 saturated carbocycles.